The lowest BCUT2D eigenvalue weighted by atomic mass is 10.1. The van der Waals surface area contributed by atoms with Gasteiger partial charge in [0.2, 0.25) is 5.91 Å². The maximum absolute atomic E-state index is 12.1. The molecule has 2 aromatic rings. The van der Waals surface area contributed by atoms with Crippen molar-refractivity contribution < 1.29 is 9.90 Å². The monoisotopic (exact) mass is 285 g/mol. The number of aliphatic hydroxyl groups excluding tert-OH is 1. The number of nitrogens with zero attached hydrogens (tertiary/aromatic N) is 1. The molecular weight excluding hydrogens is 266 g/mol. The summed E-state index contributed by atoms with van der Waals surface area (Å²) in [7, 11) is 0. The maximum atomic E-state index is 12.1. The van der Waals surface area contributed by atoms with Crippen molar-refractivity contribution in [2.45, 2.75) is 38.3 Å². The van der Waals surface area contributed by atoms with Gasteiger partial charge < -0.3 is 15.4 Å². The molecule has 1 amide bonds. The van der Waals surface area contributed by atoms with Gasteiger partial charge in [0.05, 0.1) is 18.6 Å². The number of fused-ring (bicyclic) bond motifs is 1. The molecule has 0 aliphatic heterocycles. The smallest absolute Gasteiger partial charge is 0.227 e. The first-order chi connectivity index (χ1) is 10.2. The van der Waals surface area contributed by atoms with E-state index in [0.717, 1.165) is 23.2 Å². The minimum absolute atomic E-state index is 0.121. The molecule has 1 aliphatic carbocycles. The third-order valence-corrected chi connectivity index (χ3v) is 3.93. The molecule has 3 N–H and O–H groups in total. The number of imidazole rings is 1. The van der Waals surface area contributed by atoms with Crippen molar-refractivity contribution in [3.8, 4) is 0 Å². The van der Waals surface area contributed by atoms with E-state index in [1.165, 1.54) is 0 Å². The van der Waals surface area contributed by atoms with Crippen LogP contribution in [0.2, 0.25) is 0 Å². The molecule has 2 atom stereocenters. The van der Waals surface area contributed by atoms with Crippen LogP contribution in [0.1, 0.15) is 35.7 Å². The highest BCUT2D eigenvalue weighted by molar-refractivity contribution is 5.78. The third-order valence-electron chi connectivity index (χ3n) is 3.93. The second-order valence-electron chi connectivity index (χ2n) is 5.41. The molecule has 0 fully saturated rings. The van der Waals surface area contributed by atoms with Crippen LogP contribution in [-0.4, -0.2) is 27.0 Å². The number of carbonyl (C=O) groups is 1. The topological polar surface area (TPSA) is 78.0 Å². The van der Waals surface area contributed by atoms with Crippen molar-refractivity contribution in [2.75, 3.05) is 0 Å². The highest BCUT2D eigenvalue weighted by atomic mass is 16.3. The zero-order chi connectivity index (χ0) is 14.8. The van der Waals surface area contributed by atoms with E-state index < -0.39 is 6.10 Å². The van der Waals surface area contributed by atoms with Crippen LogP contribution in [0.25, 0.3) is 0 Å². The van der Waals surface area contributed by atoms with Gasteiger partial charge in [-0.1, -0.05) is 31.2 Å². The summed E-state index contributed by atoms with van der Waals surface area (Å²) in [5.74, 6) is 0.540. The quantitative estimate of drug-likeness (QED) is 0.792. The van der Waals surface area contributed by atoms with Crippen molar-refractivity contribution in [1.82, 2.24) is 15.3 Å². The van der Waals surface area contributed by atoms with E-state index in [1.807, 2.05) is 31.2 Å². The number of H-pyrrole nitrogens is 1. The molecule has 110 valence electrons. The number of rotatable bonds is 4. The van der Waals surface area contributed by atoms with Crippen molar-refractivity contribution in [3.05, 3.63) is 53.1 Å². The Hall–Kier alpha value is -2.14. The van der Waals surface area contributed by atoms with Gasteiger partial charge in [-0.2, -0.15) is 0 Å². The highest BCUT2D eigenvalue weighted by Gasteiger charge is 2.31. The lowest BCUT2D eigenvalue weighted by Crippen LogP contribution is -2.38. The minimum atomic E-state index is -0.632. The van der Waals surface area contributed by atoms with Crippen LogP contribution in [0, 0.1) is 0 Å². The first-order valence-electron chi connectivity index (χ1n) is 7.25. The Bertz CT molecular complexity index is 650. The van der Waals surface area contributed by atoms with Crippen LogP contribution < -0.4 is 5.32 Å². The lowest BCUT2D eigenvalue weighted by Gasteiger charge is -2.16. The molecule has 1 heterocycles. The molecule has 21 heavy (non-hydrogen) atoms. The van der Waals surface area contributed by atoms with Gasteiger partial charge in [0, 0.05) is 11.9 Å². The Morgan fingerprint density at radius 2 is 2.29 bits per heavy atom. The van der Waals surface area contributed by atoms with Crippen LogP contribution in [0.4, 0.5) is 0 Å². The molecule has 1 aromatic heterocycles. The first kappa shape index (κ1) is 13.8. The van der Waals surface area contributed by atoms with E-state index >= 15 is 0 Å². The average Bonchev–Trinajstić information content (AvgIpc) is 3.05. The van der Waals surface area contributed by atoms with Gasteiger partial charge in [0.1, 0.15) is 5.82 Å². The number of benzene rings is 1. The summed E-state index contributed by atoms with van der Waals surface area (Å²) in [5.41, 5.74) is 3.03. The minimum Gasteiger partial charge on any atom is -0.386 e. The first-order valence-corrected chi connectivity index (χ1v) is 7.25. The molecule has 1 aromatic carbocycles. The Labute approximate surface area is 123 Å². The number of aliphatic hydroxyl groups is 1. The van der Waals surface area contributed by atoms with Crippen LogP contribution >= 0.6 is 0 Å². The average molecular weight is 285 g/mol. The van der Waals surface area contributed by atoms with Gasteiger partial charge in [-0.05, 0) is 24.0 Å². The highest BCUT2D eigenvalue weighted by Crippen LogP contribution is 2.30. The molecule has 1 aliphatic rings. The SMILES string of the molecule is CCc1cnc(CC(=O)N[C@@H]2Cc3ccccc3[C@H]2O)[nH]1. The van der Waals surface area contributed by atoms with Crippen molar-refractivity contribution in [1.29, 1.82) is 0 Å². The van der Waals surface area contributed by atoms with E-state index in [2.05, 4.69) is 15.3 Å². The summed E-state index contributed by atoms with van der Waals surface area (Å²) in [6.45, 7) is 2.03. The fourth-order valence-corrected chi connectivity index (χ4v) is 2.79. The zero-order valence-electron chi connectivity index (χ0n) is 12.0. The fraction of sp³-hybridized carbons (Fsp3) is 0.375. The van der Waals surface area contributed by atoms with Crippen molar-refractivity contribution >= 4 is 5.91 Å². The predicted octanol–water partition coefficient (Wildman–Crippen LogP) is 1.29. The summed E-state index contributed by atoms with van der Waals surface area (Å²) in [5, 5.41) is 13.2. The number of nitrogens with one attached hydrogen (secondary N) is 2. The van der Waals surface area contributed by atoms with E-state index in [4.69, 9.17) is 0 Å². The summed E-state index contributed by atoms with van der Waals surface area (Å²) in [6.07, 6.45) is 2.86. The normalized spacial score (nSPS) is 20.3. The largest absolute Gasteiger partial charge is 0.386 e. The van der Waals surface area contributed by atoms with E-state index in [9.17, 15) is 9.90 Å². The van der Waals surface area contributed by atoms with E-state index in [0.29, 0.717) is 12.2 Å². The number of amides is 1. The second kappa shape index (κ2) is 5.69. The number of hydrogen-bond donors (Lipinski definition) is 3. The summed E-state index contributed by atoms with van der Waals surface area (Å²) in [4.78, 5) is 19.4. The molecule has 0 saturated heterocycles. The van der Waals surface area contributed by atoms with Gasteiger partial charge >= 0.3 is 0 Å². The van der Waals surface area contributed by atoms with Crippen molar-refractivity contribution in [2.24, 2.45) is 0 Å². The molecule has 3 rings (SSSR count). The molecule has 0 bridgehead atoms. The molecule has 0 spiro atoms. The number of aryl methyl sites for hydroxylation is 1. The van der Waals surface area contributed by atoms with Crippen molar-refractivity contribution in [3.63, 3.8) is 0 Å². The number of carbonyl (C=O) groups excluding carboxylic acids is 1. The maximum Gasteiger partial charge on any atom is 0.227 e. The van der Waals surface area contributed by atoms with Crippen LogP contribution in [0.5, 0.6) is 0 Å². The molecule has 5 heteroatoms. The van der Waals surface area contributed by atoms with Crippen LogP contribution in [-0.2, 0) is 24.1 Å². The van der Waals surface area contributed by atoms with Gasteiger partial charge in [-0.3, -0.25) is 4.79 Å². The predicted molar refractivity (Wildman–Crippen MR) is 78.7 cm³/mol. The Morgan fingerprint density at radius 1 is 1.48 bits per heavy atom. The van der Waals surface area contributed by atoms with Gasteiger partial charge in [0.15, 0.2) is 0 Å². The third kappa shape index (κ3) is 2.83. The van der Waals surface area contributed by atoms with Gasteiger partial charge in [0.25, 0.3) is 0 Å². The zero-order valence-corrected chi connectivity index (χ0v) is 12.0. The standard InChI is InChI=1S/C16H19N3O2/c1-2-11-9-17-14(18-11)8-15(20)19-13-7-10-5-3-4-6-12(10)16(13)21/h3-6,9,13,16,21H,2,7-8H2,1H3,(H,17,18)(H,19,20)/t13-,16-/m1/s1. The molecule has 0 unspecified atom stereocenters. The van der Waals surface area contributed by atoms with Gasteiger partial charge in [-0.15, -0.1) is 0 Å². The lowest BCUT2D eigenvalue weighted by molar-refractivity contribution is -0.122. The fourth-order valence-electron chi connectivity index (χ4n) is 2.79. The van der Waals surface area contributed by atoms with Crippen LogP contribution in [0.3, 0.4) is 0 Å². The number of aromatic amines is 1. The van der Waals surface area contributed by atoms with E-state index in [-0.39, 0.29) is 18.4 Å². The summed E-state index contributed by atoms with van der Waals surface area (Å²) in [6, 6.07) is 7.50. The van der Waals surface area contributed by atoms with E-state index in [1.54, 1.807) is 6.20 Å². The molecule has 0 radical (unpaired) electrons. The van der Waals surface area contributed by atoms with Gasteiger partial charge in [-0.25, -0.2) is 4.98 Å². The Balaban J connectivity index is 1.61. The van der Waals surface area contributed by atoms with Crippen LogP contribution in [0.15, 0.2) is 30.5 Å². The molecule has 0 saturated carbocycles. The summed E-state index contributed by atoms with van der Waals surface area (Å²) >= 11 is 0. The second-order valence-corrected chi connectivity index (χ2v) is 5.41. The number of aromatic nitrogens is 2. The molecular formula is C16H19N3O2. The Morgan fingerprint density at radius 3 is 3.00 bits per heavy atom. The number of hydrogen-bond acceptors (Lipinski definition) is 3. The Kier molecular flexibility index (Phi) is 3.75. The molecule has 5 nitrogen and oxygen atoms in total. The summed E-state index contributed by atoms with van der Waals surface area (Å²) < 4.78 is 0.